The van der Waals surface area contributed by atoms with E-state index in [0.29, 0.717) is 12.3 Å². The van der Waals surface area contributed by atoms with Gasteiger partial charge in [0.2, 0.25) is 5.91 Å². The summed E-state index contributed by atoms with van der Waals surface area (Å²) in [6.45, 7) is 0.0405. The highest BCUT2D eigenvalue weighted by molar-refractivity contribution is 5.86. The molecule has 1 saturated heterocycles. The van der Waals surface area contributed by atoms with E-state index in [0.717, 1.165) is 0 Å². The Hall–Kier alpha value is -2.61. The van der Waals surface area contributed by atoms with Gasteiger partial charge in [0.25, 0.3) is 5.91 Å². The predicted octanol–water partition coefficient (Wildman–Crippen LogP) is -0.506. The number of carboxylic acids is 1. The van der Waals surface area contributed by atoms with Gasteiger partial charge < -0.3 is 24.8 Å². The first-order valence-electron chi connectivity index (χ1n) is 7.13. The van der Waals surface area contributed by atoms with E-state index in [-0.39, 0.29) is 32.2 Å². The van der Waals surface area contributed by atoms with Crippen LogP contribution in [0.2, 0.25) is 0 Å². The minimum atomic E-state index is -1.11. The number of carbonyl (C=O) groups excluding carboxylic acids is 2. The summed E-state index contributed by atoms with van der Waals surface area (Å²) in [5.41, 5.74) is 0. The monoisotopic (exact) mass is 322 g/mol. The third-order valence-electron chi connectivity index (χ3n) is 3.24. The van der Waals surface area contributed by atoms with E-state index in [1.807, 2.05) is 6.07 Å². The second-order valence-electron chi connectivity index (χ2n) is 4.92. The molecule has 0 spiro atoms. The second kappa shape index (κ2) is 8.14. The summed E-state index contributed by atoms with van der Waals surface area (Å²) in [7, 11) is 0. The highest BCUT2D eigenvalue weighted by Gasteiger charge is 2.28. The van der Waals surface area contributed by atoms with Crippen molar-refractivity contribution < 1.29 is 29.0 Å². The number of benzene rings is 1. The summed E-state index contributed by atoms with van der Waals surface area (Å²) < 4.78 is 10.3. The van der Waals surface area contributed by atoms with E-state index in [4.69, 9.17) is 14.6 Å². The SMILES string of the molecule is O=C(COc1ccccc1)NCC(=O)N1CCOC(C(=O)O)C1. The molecule has 0 aromatic heterocycles. The van der Waals surface area contributed by atoms with Gasteiger partial charge in [0.15, 0.2) is 12.7 Å². The lowest BCUT2D eigenvalue weighted by atomic mass is 10.2. The standard InChI is InChI=1S/C15H18N2O6/c18-13(10-23-11-4-2-1-3-5-11)16-8-14(19)17-6-7-22-12(9-17)15(20)21/h1-5,12H,6-10H2,(H,16,18)(H,20,21). The molecule has 1 fully saturated rings. The van der Waals surface area contributed by atoms with Crippen LogP contribution in [0.1, 0.15) is 0 Å². The molecule has 1 aliphatic heterocycles. The topological polar surface area (TPSA) is 105 Å². The maximum absolute atomic E-state index is 12.0. The molecule has 0 saturated carbocycles. The van der Waals surface area contributed by atoms with E-state index in [9.17, 15) is 14.4 Å². The molecule has 1 aromatic rings. The number of hydrogen-bond donors (Lipinski definition) is 2. The maximum atomic E-state index is 12.0. The largest absolute Gasteiger partial charge is 0.484 e. The highest BCUT2D eigenvalue weighted by atomic mass is 16.5. The molecule has 0 bridgehead atoms. The molecule has 1 unspecified atom stereocenters. The fourth-order valence-electron chi connectivity index (χ4n) is 2.03. The highest BCUT2D eigenvalue weighted by Crippen LogP contribution is 2.08. The molecule has 1 atom stereocenters. The van der Waals surface area contributed by atoms with Gasteiger partial charge in [-0.05, 0) is 12.1 Å². The lowest BCUT2D eigenvalue weighted by Crippen LogP contribution is -2.51. The lowest BCUT2D eigenvalue weighted by Gasteiger charge is -2.30. The Labute approximate surface area is 133 Å². The quantitative estimate of drug-likeness (QED) is 0.731. The smallest absolute Gasteiger partial charge is 0.334 e. The van der Waals surface area contributed by atoms with Gasteiger partial charge >= 0.3 is 5.97 Å². The van der Waals surface area contributed by atoms with Crippen LogP contribution in [-0.4, -0.2) is 66.7 Å². The number of carboxylic acid groups (broad SMARTS) is 1. The number of aliphatic carboxylic acids is 1. The molecule has 2 amide bonds. The molecular formula is C15H18N2O6. The van der Waals surface area contributed by atoms with Crippen LogP contribution in [0.4, 0.5) is 0 Å². The van der Waals surface area contributed by atoms with E-state index in [1.165, 1.54) is 4.90 Å². The minimum absolute atomic E-state index is 0.0233. The van der Waals surface area contributed by atoms with Crippen LogP contribution in [0.5, 0.6) is 5.75 Å². The van der Waals surface area contributed by atoms with Gasteiger partial charge in [-0.25, -0.2) is 4.79 Å². The van der Waals surface area contributed by atoms with Gasteiger partial charge in [0.1, 0.15) is 5.75 Å². The molecule has 1 heterocycles. The second-order valence-corrected chi connectivity index (χ2v) is 4.92. The molecule has 0 aliphatic carbocycles. The van der Waals surface area contributed by atoms with E-state index < -0.39 is 18.0 Å². The summed E-state index contributed by atoms with van der Waals surface area (Å²) in [5.74, 6) is -1.33. The average molecular weight is 322 g/mol. The number of nitrogens with zero attached hydrogens (tertiary/aromatic N) is 1. The predicted molar refractivity (Wildman–Crippen MR) is 78.9 cm³/mol. The number of rotatable bonds is 6. The fourth-order valence-corrected chi connectivity index (χ4v) is 2.03. The van der Waals surface area contributed by atoms with Crippen molar-refractivity contribution in [2.75, 3.05) is 32.8 Å². The summed E-state index contributed by atoms with van der Waals surface area (Å²) >= 11 is 0. The Morgan fingerprint density at radius 3 is 2.74 bits per heavy atom. The van der Waals surface area contributed by atoms with Crippen molar-refractivity contribution in [1.29, 1.82) is 0 Å². The van der Waals surface area contributed by atoms with Crippen molar-refractivity contribution in [2.45, 2.75) is 6.10 Å². The number of hydrogen-bond acceptors (Lipinski definition) is 5. The fraction of sp³-hybridized carbons (Fsp3) is 0.400. The molecule has 124 valence electrons. The summed E-state index contributed by atoms with van der Waals surface area (Å²) in [6, 6.07) is 8.84. The molecule has 8 heteroatoms. The van der Waals surface area contributed by atoms with Gasteiger partial charge in [-0.2, -0.15) is 0 Å². The number of para-hydroxylation sites is 1. The van der Waals surface area contributed by atoms with Gasteiger partial charge in [-0.3, -0.25) is 9.59 Å². The van der Waals surface area contributed by atoms with Crippen molar-refractivity contribution in [3.8, 4) is 5.75 Å². The summed E-state index contributed by atoms with van der Waals surface area (Å²) in [5, 5.41) is 11.3. The van der Waals surface area contributed by atoms with Crippen LogP contribution in [0.25, 0.3) is 0 Å². The molecule has 8 nitrogen and oxygen atoms in total. The molecule has 1 aliphatic rings. The minimum Gasteiger partial charge on any atom is -0.484 e. The molecule has 0 radical (unpaired) electrons. The summed E-state index contributed by atoms with van der Waals surface area (Å²) in [6.07, 6.45) is -1.02. The lowest BCUT2D eigenvalue weighted by molar-refractivity contribution is -0.159. The van der Waals surface area contributed by atoms with E-state index in [2.05, 4.69) is 5.32 Å². The normalized spacial score (nSPS) is 17.4. The van der Waals surface area contributed by atoms with E-state index >= 15 is 0 Å². The Balaban J connectivity index is 1.71. The van der Waals surface area contributed by atoms with Crippen LogP contribution < -0.4 is 10.1 Å². The van der Waals surface area contributed by atoms with Crippen molar-refractivity contribution in [3.05, 3.63) is 30.3 Å². The van der Waals surface area contributed by atoms with Crippen molar-refractivity contribution >= 4 is 17.8 Å². The van der Waals surface area contributed by atoms with Crippen LogP contribution >= 0.6 is 0 Å². The molecule has 23 heavy (non-hydrogen) atoms. The summed E-state index contributed by atoms with van der Waals surface area (Å²) in [4.78, 5) is 35.8. The maximum Gasteiger partial charge on any atom is 0.334 e. The zero-order valence-electron chi connectivity index (χ0n) is 12.4. The van der Waals surface area contributed by atoms with Crippen LogP contribution in [-0.2, 0) is 19.1 Å². The van der Waals surface area contributed by atoms with E-state index in [1.54, 1.807) is 24.3 Å². The molecular weight excluding hydrogens is 304 g/mol. The van der Waals surface area contributed by atoms with Gasteiger partial charge in [-0.15, -0.1) is 0 Å². The van der Waals surface area contributed by atoms with Crippen molar-refractivity contribution in [2.24, 2.45) is 0 Å². The zero-order valence-corrected chi connectivity index (χ0v) is 12.4. The number of amides is 2. The average Bonchev–Trinajstić information content (AvgIpc) is 2.58. The number of morpholine rings is 1. The number of ether oxygens (including phenoxy) is 2. The van der Waals surface area contributed by atoms with Crippen LogP contribution in [0, 0.1) is 0 Å². The number of carbonyl (C=O) groups is 3. The Morgan fingerprint density at radius 1 is 1.30 bits per heavy atom. The number of nitrogens with one attached hydrogen (secondary N) is 1. The molecule has 2 rings (SSSR count). The van der Waals surface area contributed by atoms with Crippen molar-refractivity contribution in [1.82, 2.24) is 10.2 Å². The van der Waals surface area contributed by atoms with Crippen LogP contribution in [0.3, 0.4) is 0 Å². The first kappa shape index (κ1) is 16.8. The van der Waals surface area contributed by atoms with Gasteiger partial charge in [0, 0.05) is 6.54 Å². The Bertz CT molecular complexity index is 562. The third kappa shape index (κ3) is 5.26. The zero-order chi connectivity index (χ0) is 16.7. The van der Waals surface area contributed by atoms with Crippen LogP contribution in [0.15, 0.2) is 30.3 Å². The van der Waals surface area contributed by atoms with Gasteiger partial charge in [-0.1, -0.05) is 18.2 Å². The molecule has 2 N–H and O–H groups in total. The Morgan fingerprint density at radius 2 is 2.04 bits per heavy atom. The first-order valence-corrected chi connectivity index (χ1v) is 7.13. The van der Waals surface area contributed by atoms with Gasteiger partial charge in [0.05, 0.1) is 19.7 Å². The van der Waals surface area contributed by atoms with Crippen molar-refractivity contribution in [3.63, 3.8) is 0 Å². The first-order chi connectivity index (χ1) is 11.1. The molecule has 1 aromatic carbocycles. The third-order valence-corrected chi connectivity index (χ3v) is 3.24. The Kier molecular flexibility index (Phi) is 5.93.